The maximum Gasteiger partial charge on any atom is 0.220 e. The molecule has 3 aliphatic rings. The molecule has 0 aromatic heterocycles. The fourth-order valence-corrected chi connectivity index (χ4v) is 12.5. The second-order valence-electron chi connectivity index (χ2n) is 27.8. The van der Waals surface area contributed by atoms with E-state index in [1.54, 1.807) is 6.08 Å². The molecule has 0 aliphatic carbocycles. The molecule has 3 heterocycles. The van der Waals surface area contributed by atoms with Crippen LogP contribution in [0.2, 0.25) is 0 Å². The summed E-state index contributed by atoms with van der Waals surface area (Å²) in [6.07, 6.45) is 62.8. The Morgan fingerprint density at radius 1 is 0.359 bits per heavy atom. The van der Waals surface area contributed by atoms with Crippen LogP contribution in [-0.4, -0.2) is 193 Å². The van der Waals surface area contributed by atoms with Gasteiger partial charge in [0.1, 0.15) is 73.2 Å². The number of rotatable bonds is 61. The van der Waals surface area contributed by atoms with Gasteiger partial charge in [-0.25, -0.2) is 0 Å². The largest absolute Gasteiger partial charge is 0.394 e. The first-order chi connectivity index (χ1) is 50.3. The third kappa shape index (κ3) is 42.9. The smallest absolute Gasteiger partial charge is 0.220 e. The molecule has 17 unspecified atom stereocenters. The molecule has 19 heteroatoms. The molecule has 0 radical (unpaired) electrons. The monoisotopic (exact) mass is 1450 g/mol. The van der Waals surface area contributed by atoms with Crippen LogP contribution in [0.15, 0.2) is 134 Å². The summed E-state index contributed by atoms with van der Waals surface area (Å²) in [7, 11) is 0. The molecule has 3 saturated heterocycles. The van der Waals surface area contributed by atoms with Gasteiger partial charge in [-0.2, -0.15) is 0 Å². The summed E-state index contributed by atoms with van der Waals surface area (Å²) in [5.41, 5.74) is 0. The number of allylic oxidation sites excluding steroid dienone is 21. The van der Waals surface area contributed by atoms with Crippen LogP contribution in [0.4, 0.5) is 0 Å². The predicted octanol–water partition coefficient (Wildman–Crippen LogP) is 13.3. The van der Waals surface area contributed by atoms with Crippen LogP contribution in [0, 0.1) is 0 Å². The van der Waals surface area contributed by atoms with Crippen molar-refractivity contribution in [1.29, 1.82) is 0 Å². The van der Waals surface area contributed by atoms with Crippen molar-refractivity contribution in [2.45, 2.75) is 362 Å². The molecule has 0 aromatic carbocycles. The molecular weight excluding hydrogens is 1310 g/mol. The molecule has 3 fully saturated rings. The van der Waals surface area contributed by atoms with E-state index >= 15 is 0 Å². The summed E-state index contributed by atoms with van der Waals surface area (Å²) in [6, 6.07) is -1.02. The molecule has 0 aromatic rings. The number of amides is 1. The fourth-order valence-electron chi connectivity index (χ4n) is 12.5. The zero-order valence-corrected chi connectivity index (χ0v) is 63.0. The van der Waals surface area contributed by atoms with Gasteiger partial charge in [0.05, 0.1) is 38.6 Å². The van der Waals surface area contributed by atoms with Crippen LogP contribution in [0.1, 0.15) is 258 Å². The van der Waals surface area contributed by atoms with Gasteiger partial charge < -0.3 is 89.9 Å². The van der Waals surface area contributed by atoms with E-state index in [9.17, 15) is 61.0 Å². The Labute approximate surface area is 620 Å². The van der Waals surface area contributed by atoms with Crippen molar-refractivity contribution in [3.8, 4) is 0 Å². The third-order valence-corrected chi connectivity index (χ3v) is 18.9. The average molecular weight is 1450 g/mol. The lowest BCUT2D eigenvalue weighted by atomic mass is 9.96. The standard InChI is InChI=1S/C84H141NO18/c1-3-5-7-9-11-13-15-17-19-21-23-25-27-29-31-32-33-34-36-38-40-42-44-46-48-50-52-54-56-58-60-62-72(90)85-67(68(89)61-59-57-55-53-51-49-47-45-43-41-39-37-35-30-28-26-24-22-20-18-16-14-12-10-8-6-4-2)66-98-82-78(96)75(93)80(70(64-87)100-82)103-84-79(97)76(94)81(71(65-88)101-84)102-83-77(95)74(92)73(91)69(63-86)99-83/h5,7,11,13,17,19,23,25,29,31,33-34,38,40,43-46,51,53,59,61,67-71,73-84,86-89,91-97H,3-4,6,8-10,12,14-16,18,20-22,24,26-28,30,32,35-37,39,41-42,47-50,52,54-58,60,62-66H2,1-2H3,(H,85,90)/b7-5-,13-11-,19-17-,25-23-,31-29-,34-33-,40-38-,45-43+,46-44-,53-51+,61-59+. The zero-order chi connectivity index (χ0) is 74.6. The van der Waals surface area contributed by atoms with Crippen LogP contribution >= 0.6 is 0 Å². The highest BCUT2D eigenvalue weighted by Gasteiger charge is 2.53. The highest BCUT2D eigenvalue weighted by atomic mass is 16.8. The average Bonchev–Trinajstić information content (AvgIpc) is 0.781. The number of ether oxygens (including phenoxy) is 6. The lowest BCUT2D eigenvalue weighted by Crippen LogP contribution is -2.66. The van der Waals surface area contributed by atoms with Crippen LogP contribution in [0.3, 0.4) is 0 Å². The number of nitrogens with one attached hydrogen (secondary N) is 1. The molecule has 0 spiro atoms. The van der Waals surface area contributed by atoms with E-state index in [0.29, 0.717) is 12.8 Å². The molecule has 0 saturated carbocycles. The zero-order valence-electron chi connectivity index (χ0n) is 63.0. The Hall–Kier alpha value is -4.07. The summed E-state index contributed by atoms with van der Waals surface area (Å²) in [5.74, 6) is -0.308. The summed E-state index contributed by atoms with van der Waals surface area (Å²) >= 11 is 0. The number of hydrogen-bond acceptors (Lipinski definition) is 18. The van der Waals surface area contributed by atoms with Crippen molar-refractivity contribution in [2.24, 2.45) is 0 Å². The maximum atomic E-state index is 13.5. The van der Waals surface area contributed by atoms with Gasteiger partial charge in [-0.15, -0.1) is 0 Å². The Kier molecular flexibility index (Phi) is 56.9. The van der Waals surface area contributed by atoms with Crippen molar-refractivity contribution < 1.29 is 89.4 Å². The van der Waals surface area contributed by atoms with Crippen LogP contribution in [0.25, 0.3) is 0 Å². The van der Waals surface area contributed by atoms with Gasteiger partial charge in [-0.05, 0) is 109 Å². The van der Waals surface area contributed by atoms with Crippen LogP contribution in [-0.2, 0) is 33.2 Å². The molecule has 17 atom stereocenters. The maximum absolute atomic E-state index is 13.5. The number of unbranched alkanes of at least 4 members (excludes halogenated alkanes) is 25. The molecule has 19 nitrogen and oxygen atoms in total. The first-order valence-corrected chi connectivity index (χ1v) is 39.9. The van der Waals surface area contributed by atoms with E-state index in [-0.39, 0.29) is 18.9 Å². The number of carbonyl (C=O) groups excluding carboxylic acids is 1. The summed E-state index contributed by atoms with van der Waals surface area (Å²) < 4.78 is 34.4. The molecule has 103 heavy (non-hydrogen) atoms. The van der Waals surface area contributed by atoms with Crippen molar-refractivity contribution in [3.63, 3.8) is 0 Å². The normalized spacial score (nSPS) is 26.8. The second-order valence-corrected chi connectivity index (χ2v) is 27.8. The van der Waals surface area contributed by atoms with Gasteiger partial charge in [-0.1, -0.05) is 276 Å². The van der Waals surface area contributed by atoms with E-state index in [1.165, 1.54) is 109 Å². The molecule has 0 bridgehead atoms. The topological polar surface area (TPSA) is 307 Å². The van der Waals surface area contributed by atoms with E-state index in [1.807, 2.05) is 6.08 Å². The second kappa shape index (κ2) is 62.9. The Balaban J connectivity index is 1.42. The van der Waals surface area contributed by atoms with Gasteiger partial charge in [0, 0.05) is 6.42 Å². The van der Waals surface area contributed by atoms with Gasteiger partial charge in [0.2, 0.25) is 5.91 Å². The molecular formula is C84H141NO18. The van der Waals surface area contributed by atoms with E-state index in [4.69, 9.17) is 28.4 Å². The molecule has 3 rings (SSSR count). The minimum absolute atomic E-state index is 0.206. The lowest BCUT2D eigenvalue weighted by Gasteiger charge is -2.48. The molecule has 590 valence electrons. The summed E-state index contributed by atoms with van der Waals surface area (Å²) in [4.78, 5) is 13.5. The minimum Gasteiger partial charge on any atom is -0.394 e. The molecule has 1 amide bonds. The van der Waals surface area contributed by atoms with Gasteiger partial charge in [-0.3, -0.25) is 4.79 Å². The van der Waals surface area contributed by atoms with Gasteiger partial charge >= 0.3 is 0 Å². The summed E-state index contributed by atoms with van der Waals surface area (Å²) in [6.45, 7) is 1.59. The minimum atomic E-state index is -1.99. The number of aliphatic hydroxyl groups is 11. The van der Waals surface area contributed by atoms with Crippen molar-refractivity contribution in [3.05, 3.63) is 134 Å². The SMILES string of the molecule is CC/C=C\C/C=C\C/C=C\C/C=C\C/C=C\C/C=C\C/C=C\C/C=C\CCCCCCCCC(=O)NC(COC1OC(CO)C(OC2OC(CO)C(OC3OC(CO)C(O)C(O)C3O)C(O)C2O)C(O)C1O)C(O)/C=C/CC/C=C/CC/C=C/CCCCCCCCCCCCCCCCCCC. The number of carbonyl (C=O) groups is 1. The van der Waals surface area contributed by atoms with Crippen molar-refractivity contribution in [2.75, 3.05) is 26.4 Å². The van der Waals surface area contributed by atoms with Crippen LogP contribution in [0.5, 0.6) is 0 Å². The highest BCUT2D eigenvalue weighted by Crippen LogP contribution is 2.33. The first-order valence-electron chi connectivity index (χ1n) is 39.9. The molecule has 3 aliphatic heterocycles. The number of aliphatic hydroxyl groups excluding tert-OH is 11. The quantitative estimate of drug-likeness (QED) is 0.0199. The Bertz CT molecular complexity index is 2380. The van der Waals surface area contributed by atoms with E-state index in [0.717, 1.165) is 116 Å². The lowest BCUT2D eigenvalue weighted by molar-refractivity contribution is -0.379. The summed E-state index contributed by atoms with van der Waals surface area (Å²) in [5, 5.41) is 121. The number of hydrogen-bond donors (Lipinski definition) is 12. The van der Waals surface area contributed by atoms with Crippen molar-refractivity contribution in [1.82, 2.24) is 5.32 Å². The molecule has 12 N–H and O–H groups in total. The van der Waals surface area contributed by atoms with E-state index < -0.39 is 124 Å². The van der Waals surface area contributed by atoms with Crippen LogP contribution < -0.4 is 5.32 Å². The Morgan fingerprint density at radius 2 is 0.680 bits per heavy atom. The highest BCUT2D eigenvalue weighted by molar-refractivity contribution is 5.76. The predicted molar refractivity (Wildman–Crippen MR) is 410 cm³/mol. The van der Waals surface area contributed by atoms with Gasteiger partial charge in [0.25, 0.3) is 0 Å². The third-order valence-electron chi connectivity index (χ3n) is 18.9. The van der Waals surface area contributed by atoms with Gasteiger partial charge in [0.15, 0.2) is 18.9 Å². The first kappa shape index (κ1) is 93.1. The van der Waals surface area contributed by atoms with Crippen molar-refractivity contribution >= 4 is 5.91 Å². The van der Waals surface area contributed by atoms with E-state index in [2.05, 4.69) is 141 Å². The Morgan fingerprint density at radius 3 is 1.09 bits per heavy atom. The fraction of sp³-hybridized carbons (Fsp3) is 0.726.